The molecule has 0 aliphatic heterocycles. The van der Waals surface area contributed by atoms with Crippen LogP contribution in [0, 0.1) is 6.92 Å². The summed E-state index contributed by atoms with van der Waals surface area (Å²) in [5.74, 6) is 0. The average molecular weight is 190 g/mol. The third-order valence-electron chi connectivity index (χ3n) is 2.10. The van der Waals surface area contributed by atoms with E-state index in [0.717, 1.165) is 5.69 Å². The smallest absolute Gasteiger partial charge is 0.0521 e. The van der Waals surface area contributed by atoms with Crippen molar-refractivity contribution in [2.24, 2.45) is 0 Å². The molecule has 1 aromatic rings. The minimum atomic E-state index is 0.271. The monoisotopic (exact) mass is 190 g/mol. The van der Waals surface area contributed by atoms with E-state index in [0.29, 0.717) is 0 Å². The first kappa shape index (κ1) is 10.9. The van der Waals surface area contributed by atoms with Gasteiger partial charge in [0.15, 0.2) is 0 Å². The van der Waals surface area contributed by atoms with Crippen molar-refractivity contribution < 1.29 is 0 Å². The number of nitrogens with zero attached hydrogens (tertiary/aromatic N) is 1. The van der Waals surface area contributed by atoms with Gasteiger partial charge in [-0.25, -0.2) is 0 Å². The van der Waals surface area contributed by atoms with E-state index in [1.54, 1.807) is 0 Å². The predicted molar refractivity (Wildman–Crippen MR) is 60.2 cm³/mol. The molecule has 0 aliphatic rings. The minimum absolute atomic E-state index is 0.271. The Bertz CT molecular complexity index is 308. The number of aryl methyl sites for hydroxylation is 1. The summed E-state index contributed by atoms with van der Waals surface area (Å²) in [5, 5.41) is 3.25. The summed E-state index contributed by atoms with van der Waals surface area (Å²) >= 11 is 0. The summed E-state index contributed by atoms with van der Waals surface area (Å²) in [6.45, 7) is 6.21. The fourth-order valence-electron chi connectivity index (χ4n) is 1.34. The van der Waals surface area contributed by atoms with E-state index < -0.39 is 0 Å². The molecule has 1 heterocycles. The first-order valence-electron chi connectivity index (χ1n) is 4.88. The maximum atomic E-state index is 4.29. The molecule has 1 unspecified atom stereocenters. The molecule has 2 heteroatoms. The van der Waals surface area contributed by atoms with Gasteiger partial charge in [-0.1, -0.05) is 17.7 Å². The molecule has 14 heavy (non-hydrogen) atoms. The second-order valence-corrected chi connectivity index (χ2v) is 3.74. The van der Waals surface area contributed by atoms with Gasteiger partial charge in [-0.2, -0.15) is 0 Å². The molecular weight excluding hydrogens is 172 g/mol. The molecule has 1 atom stereocenters. The molecule has 0 spiro atoms. The van der Waals surface area contributed by atoms with Crippen molar-refractivity contribution in [1.29, 1.82) is 0 Å². The molecule has 1 rings (SSSR count). The molecule has 76 valence electrons. The van der Waals surface area contributed by atoms with Crippen molar-refractivity contribution in [1.82, 2.24) is 10.3 Å². The Hall–Kier alpha value is -1.15. The fourth-order valence-corrected chi connectivity index (χ4v) is 1.34. The van der Waals surface area contributed by atoms with Gasteiger partial charge in [-0.15, -0.1) is 0 Å². The van der Waals surface area contributed by atoms with Crippen LogP contribution in [-0.2, 0) is 0 Å². The van der Waals surface area contributed by atoms with Gasteiger partial charge in [-0.05, 0) is 39.4 Å². The Labute approximate surface area is 86.1 Å². The molecule has 1 N–H and O–H groups in total. The average Bonchev–Trinajstić information content (AvgIpc) is 2.15. The maximum Gasteiger partial charge on any atom is 0.0521 e. The number of pyridine rings is 1. The summed E-state index contributed by atoms with van der Waals surface area (Å²) < 4.78 is 0. The van der Waals surface area contributed by atoms with E-state index in [2.05, 4.69) is 36.3 Å². The van der Waals surface area contributed by atoms with Crippen LogP contribution in [0.25, 0.3) is 0 Å². The molecule has 0 aliphatic carbocycles. The Kier molecular flexibility index (Phi) is 3.84. The lowest BCUT2D eigenvalue weighted by atomic mass is 10.1. The molecule has 0 amide bonds. The highest BCUT2D eigenvalue weighted by Crippen LogP contribution is 2.14. The quantitative estimate of drug-likeness (QED) is 0.741. The van der Waals surface area contributed by atoms with Crippen molar-refractivity contribution >= 4 is 0 Å². The van der Waals surface area contributed by atoms with Crippen molar-refractivity contribution in [3.63, 3.8) is 0 Å². The summed E-state index contributed by atoms with van der Waals surface area (Å²) in [7, 11) is 1.96. The third-order valence-corrected chi connectivity index (χ3v) is 2.10. The van der Waals surface area contributed by atoms with Gasteiger partial charge in [0.25, 0.3) is 0 Å². The van der Waals surface area contributed by atoms with E-state index >= 15 is 0 Å². The molecule has 1 aromatic heterocycles. The highest BCUT2D eigenvalue weighted by atomic mass is 14.9. The number of likely N-dealkylation sites (N-methyl/N-ethyl adjacent to an activating group) is 1. The molecule has 0 bridgehead atoms. The molecule has 0 saturated heterocycles. The molecule has 2 nitrogen and oxygen atoms in total. The zero-order chi connectivity index (χ0) is 10.6. The topological polar surface area (TPSA) is 24.9 Å². The van der Waals surface area contributed by atoms with Crippen LogP contribution in [0.1, 0.15) is 31.1 Å². The number of allylic oxidation sites excluding steroid dienone is 1. The van der Waals surface area contributed by atoms with Crippen LogP contribution >= 0.6 is 0 Å². The SMILES string of the molecule is CNC(C=C(C)C)c1ccc(C)nc1. The maximum absolute atomic E-state index is 4.29. The van der Waals surface area contributed by atoms with Crippen LogP contribution < -0.4 is 5.32 Å². The van der Waals surface area contributed by atoms with Crippen molar-refractivity contribution in [3.8, 4) is 0 Å². The Morgan fingerprint density at radius 2 is 2.14 bits per heavy atom. The van der Waals surface area contributed by atoms with Gasteiger partial charge in [0.2, 0.25) is 0 Å². The first-order valence-corrected chi connectivity index (χ1v) is 4.88. The number of hydrogen-bond acceptors (Lipinski definition) is 2. The normalized spacial score (nSPS) is 12.3. The molecule has 0 aromatic carbocycles. The summed E-state index contributed by atoms with van der Waals surface area (Å²) in [5.41, 5.74) is 3.57. The number of nitrogens with one attached hydrogen (secondary N) is 1. The third kappa shape index (κ3) is 2.96. The van der Waals surface area contributed by atoms with Crippen molar-refractivity contribution in [2.75, 3.05) is 7.05 Å². The second-order valence-electron chi connectivity index (χ2n) is 3.74. The van der Waals surface area contributed by atoms with E-state index in [1.807, 2.05) is 26.2 Å². The van der Waals surface area contributed by atoms with Crippen LogP contribution in [0.4, 0.5) is 0 Å². The van der Waals surface area contributed by atoms with E-state index in [4.69, 9.17) is 0 Å². The van der Waals surface area contributed by atoms with Crippen LogP contribution in [-0.4, -0.2) is 12.0 Å². The Balaban J connectivity index is 2.90. The molecular formula is C12H18N2. The first-order chi connectivity index (χ1) is 6.63. The summed E-state index contributed by atoms with van der Waals surface area (Å²) in [6, 6.07) is 4.43. The molecule has 0 radical (unpaired) electrons. The lowest BCUT2D eigenvalue weighted by molar-refractivity contribution is 0.706. The van der Waals surface area contributed by atoms with Gasteiger partial charge in [0, 0.05) is 11.9 Å². The van der Waals surface area contributed by atoms with Gasteiger partial charge in [0.05, 0.1) is 6.04 Å². The van der Waals surface area contributed by atoms with E-state index in [1.165, 1.54) is 11.1 Å². The second kappa shape index (κ2) is 4.91. The fraction of sp³-hybridized carbons (Fsp3) is 0.417. The van der Waals surface area contributed by atoms with Gasteiger partial charge in [-0.3, -0.25) is 4.98 Å². The van der Waals surface area contributed by atoms with Crippen LogP contribution in [0.3, 0.4) is 0 Å². The predicted octanol–water partition coefficient (Wildman–Crippen LogP) is 2.62. The van der Waals surface area contributed by atoms with Crippen LogP contribution in [0.2, 0.25) is 0 Å². The number of aromatic nitrogens is 1. The Morgan fingerprint density at radius 3 is 2.57 bits per heavy atom. The van der Waals surface area contributed by atoms with E-state index in [9.17, 15) is 0 Å². The Morgan fingerprint density at radius 1 is 1.43 bits per heavy atom. The van der Waals surface area contributed by atoms with Crippen molar-refractivity contribution in [2.45, 2.75) is 26.8 Å². The molecule has 0 fully saturated rings. The minimum Gasteiger partial charge on any atom is -0.310 e. The number of hydrogen-bond donors (Lipinski definition) is 1. The van der Waals surface area contributed by atoms with Gasteiger partial charge >= 0.3 is 0 Å². The van der Waals surface area contributed by atoms with Crippen LogP contribution in [0.5, 0.6) is 0 Å². The van der Waals surface area contributed by atoms with Gasteiger partial charge < -0.3 is 5.32 Å². The lowest BCUT2D eigenvalue weighted by Gasteiger charge is -2.12. The summed E-state index contributed by atoms with van der Waals surface area (Å²) in [6.07, 6.45) is 4.13. The zero-order valence-corrected chi connectivity index (χ0v) is 9.33. The standard InChI is InChI=1S/C12H18N2/c1-9(2)7-12(13-4)11-6-5-10(3)14-8-11/h5-8,12-13H,1-4H3. The molecule has 0 saturated carbocycles. The van der Waals surface area contributed by atoms with Crippen LogP contribution in [0.15, 0.2) is 30.0 Å². The highest BCUT2D eigenvalue weighted by molar-refractivity contribution is 5.22. The zero-order valence-electron chi connectivity index (χ0n) is 9.33. The highest BCUT2D eigenvalue weighted by Gasteiger charge is 2.04. The van der Waals surface area contributed by atoms with E-state index in [-0.39, 0.29) is 6.04 Å². The summed E-state index contributed by atoms with van der Waals surface area (Å²) in [4.78, 5) is 4.29. The van der Waals surface area contributed by atoms with Crippen molar-refractivity contribution in [3.05, 3.63) is 41.2 Å². The largest absolute Gasteiger partial charge is 0.310 e. The number of rotatable bonds is 3. The van der Waals surface area contributed by atoms with Gasteiger partial charge in [0.1, 0.15) is 0 Å². The lowest BCUT2D eigenvalue weighted by Crippen LogP contribution is -2.14.